The standard InChI is InChI=1S/C23H18N4O3S/c28-20(29)15-31-23-26-25-21(27(23)17-11-5-2-6-12-17)18-13-7-8-14-19(18)24-22(30)16-9-3-1-4-10-16/h1-14H,15H2,(H,24,30)(H,28,29). The molecule has 0 unspecified atom stereocenters. The molecule has 0 saturated carbocycles. The predicted molar refractivity (Wildman–Crippen MR) is 120 cm³/mol. The van der Waals surface area contributed by atoms with Gasteiger partial charge in [0.25, 0.3) is 5.91 Å². The Morgan fingerprint density at radius 2 is 1.52 bits per heavy atom. The Balaban J connectivity index is 1.76. The van der Waals surface area contributed by atoms with Crippen LogP contribution < -0.4 is 5.32 Å². The number of hydrogen-bond donors (Lipinski definition) is 2. The van der Waals surface area contributed by atoms with Crippen molar-refractivity contribution in [2.45, 2.75) is 5.16 Å². The molecule has 0 saturated heterocycles. The van der Waals surface area contributed by atoms with E-state index in [1.165, 1.54) is 0 Å². The van der Waals surface area contributed by atoms with E-state index in [4.69, 9.17) is 5.11 Å². The first-order valence-corrected chi connectivity index (χ1v) is 10.4. The van der Waals surface area contributed by atoms with E-state index in [2.05, 4.69) is 15.5 Å². The molecule has 1 amide bonds. The van der Waals surface area contributed by atoms with E-state index in [1.807, 2.05) is 54.6 Å². The highest BCUT2D eigenvalue weighted by molar-refractivity contribution is 7.99. The van der Waals surface area contributed by atoms with E-state index >= 15 is 0 Å². The molecule has 1 heterocycles. The number of nitrogens with one attached hydrogen (secondary N) is 1. The van der Waals surface area contributed by atoms with Crippen molar-refractivity contribution < 1.29 is 14.7 Å². The number of para-hydroxylation sites is 2. The number of benzene rings is 3. The average molecular weight is 430 g/mol. The lowest BCUT2D eigenvalue weighted by Crippen LogP contribution is -2.13. The number of aromatic nitrogens is 3. The molecule has 4 aromatic rings. The molecule has 0 aliphatic heterocycles. The Bertz CT molecular complexity index is 1210. The van der Waals surface area contributed by atoms with E-state index < -0.39 is 5.97 Å². The van der Waals surface area contributed by atoms with Crippen LogP contribution in [-0.4, -0.2) is 37.5 Å². The van der Waals surface area contributed by atoms with Crippen molar-refractivity contribution in [1.29, 1.82) is 0 Å². The van der Waals surface area contributed by atoms with Crippen LogP contribution in [0.2, 0.25) is 0 Å². The monoisotopic (exact) mass is 430 g/mol. The Hall–Kier alpha value is -3.91. The zero-order chi connectivity index (χ0) is 21.6. The first-order valence-electron chi connectivity index (χ1n) is 9.44. The van der Waals surface area contributed by atoms with Crippen LogP contribution in [0.5, 0.6) is 0 Å². The molecule has 154 valence electrons. The third-order valence-electron chi connectivity index (χ3n) is 4.42. The minimum atomic E-state index is -0.940. The molecule has 8 heteroatoms. The van der Waals surface area contributed by atoms with Crippen molar-refractivity contribution in [2.75, 3.05) is 11.1 Å². The average Bonchev–Trinajstić information content (AvgIpc) is 3.23. The summed E-state index contributed by atoms with van der Waals surface area (Å²) in [5.74, 6) is -0.816. The largest absolute Gasteiger partial charge is 0.481 e. The molecular formula is C23H18N4O3S. The molecular weight excluding hydrogens is 412 g/mol. The highest BCUT2D eigenvalue weighted by atomic mass is 32.2. The fraction of sp³-hybridized carbons (Fsp3) is 0.0435. The quantitative estimate of drug-likeness (QED) is 0.423. The fourth-order valence-electron chi connectivity index (χ4n) is 3.05. The number of aliphatic carboxylic acids is 1. The number of rotatable bonds is 7. The number of anilines is 1. The Labute approximate surface area is 182 Å². The van der Waals surface area contributed by atoms with Crippen molar-refractivity contribution in [3.05, 3.63) is 90.5 Å². The number of nitrogens with zero attached hydrogens (tertiary/aromatic N) is 3. The van der Waals surface area contributed by atoms with Crippen LogP contribution >= 0.6 is 11.8 Å². The Morgan fingerprint density at radius 3 is 2.23 bits per heavy atom. The van der Waals surface area contributed by atoms with E-state index in [1.54, 1.807) is 34.9 Å². The molecule has 0 fully saturated rings. The highest BCUT2D eigenvalue weighted by Gasteiger charge is 2.20. The van der Waals surface area contributed by atoms with Crippen molar-refractivity contribution in [3.8, 4) is 17.1 Å². The lowest BCUT2D eigenvalue weighted by Gasteiger charge is -2.13. The molecule has 0 atom stereocenters. The Morgan fingerprint density at radius 1 is 0.871 bits per heavy atom. The minimum Gasteiger partial charge on any atom is -0.481 e. The number of hydrogen-bond acceptors (Lipinski definition) is 5. The van der Waals surface area contributed by atoms with Crippen molar-refractivity contribution >= 4 is 29.3 Å². The fourth-order valence-corrected chi connectivity index (χ4v) is 3.72. The molecule has 0 radical (unpaired) electrons. The van der Waals surface area contributed by atoms with Gasteiger partial charge in [-0.1, -0.05) is 60.3 Å². The summed E-state index contributed by atoms with van der Waals surface area (Å²) in [6, 6.07) is 25.7. The SMILES string of the molecule is O=C(O)CSc1nnc(-c2ccccc2NC(=O)c2ccccc2)n1-c1ccccc1. The summed E-state index contributed by atoms with van der Waals surface area (Å²) < 4.78 is 1.79. The van der Waals surface area contributed by atoms with Crippen molar-refractivity contribution in [2.24, 2.45) is 0 Å². The molecule has 2 N–H and O–H groups in total. The normalized spacial score (nSPS) is 10.6. The number of thioether (sulfide) groups is 1. The van der Waals surface area contributed by atoms with Crippen LogP contribution in [0, 0.1) is 0 Å². The molecule has 0 spiro atoms. The van der Waals surface area contributed by atoms with Crippen LogP contribution in [0.15, 0.2) is 90.1 Å². The van der Waals surface area contributed by atoms with Crippen molar-refractivity contribution in [3.63, 3.8) is 0 Å². The maximum atomic E-state index is 12.7. The van der Waals surface area contributed by atoms with E-state index in [9.17, 15) is 9.59 Å². The number of amides is 1. The summed E-state index contributed by atoms with van der Waals surface area (Å²) in [5, 5.41) is 21.0. The molecule has 3 aromatic carbocycles. The third kappa shape index (κ3) is 4.65. The summed E-state index contributed by atoms with van der Waals surface area (Å²) in [5.41, 5.74) is 2.58. The Kier molecular flexibility index (Phi) is 6.09. The second-order valence-corrected chi connectivity index (χ2v) is 7.47. The zero-order valence-corrected chi connectivity index (χ0v) is 17.1. The van der Waals surface area contributed by atoms with Crippen LogP contribution in [0.3, 0.4) is 0 Å². The topological polar surface area (TPSA) is 97.1 Å². The molecule has 31 heavy (non-hydrogen) atoms. The maximum Gasteiger partial charge on any atom is 0.313 e. The van der Waals surface area contributed by atoms with Gasteiger partial charge in [0.2, 0.25) is 0 Å². The second-order valence-electron chi connectivity index (χ2n) is 6.53. The molecule has 7 nitrogen and oxygen atoms in total. The summed E-state index contributed by atoms with van der Waals surface area (Å²) in [6.07, 6.45) is 0. The summed E-state index contributed by atoms with van der Waals surface area (Å²) in [6.45, 7) is 0. The molecule has 0 aliphatic rings. The van der Waals surface area contributed by atoms with E-state index in [0.29, 0.717) is 27.8 Å². The summed E-state index contributed by atoms with van der Waals surface area (Å²) in [7, 11) is 0. The van der Waals surface area contributed by atoms with Gasteiger partial charge >= 0.3 is 5.97 Å². The second kappa shape index (κ2) is 9.27. The van der Waals surface area contributed by atoms with Crippen molar-refractivity contribution in [1.82, 2.24) is 14.8 Å². The maximum absolute atomic E-state index is 12.7. The molecule has 1 aromatic heterocycles. The highest BCUT2D eigenvalue weighted by Crippen LogP contribution is 2.32. The zero-order valence-electron chi connectivity index (χ0n) is 16.3. The van der Waals surface area contributed by atoms with Gasteiger partial charge in [-0.2, -0.15) is 0 Å². The van der Waals surface area contributed by atoms with E-state index in [0.717, 1.165) is 17.4 Å². The van der Waals surface area contributed by atoms with Gasteiger partial charge in [0.05, 0.1) is 11.4 Å². The minimum absolute atomic E-state index is 0.142. The van der Waals surface area contributed by atoms with Gasteiger partial charge in [-0.05, 0) is 36.4 Å². The van der Waals surface area contributed by atoms with Crippen LogP contribution in [0.1, 0.15) is 10.4 Å². The first-order chi connectivity index (χ1) is 15.1. The van der Waals surface area contributed by atoms with Crippen LogP contribution in [0.25, 0.3) is 17.1 Å². The van der Waals surface area contributed by atoms with Gasteiger partial charge in [0.15, 0.2) is 11.0 Å². The molecule has 0 aliphatic carbocycles. The summed E-state index contributed by atoms with van der Waals surface area (Å²) >= 11 is 1.08. The summed E-state index contributed by atoms with van der Waals surface area (Å²) in [4.78, 5) is 23.8. The van der Waals surface area contributed by atoms with E-state index in [-0.39, 0.29) is 11.7 Å². The van der Waals surface area contributed by atoms with Crippen LogP contribution in [-0.2, 0) is 4.79 Å². The predicted octanol–water partition coefficient (Wildman–Crippen LogP) is 4.36. The van der Waals surface area contributed by atoms with Crippen LogP contribution in [0.4, 0.5) is 5.69 Å². The lowest BCUT2D eigenvalue weighted by atomic mass is 10.1. The van der Waals surface area contributed by atoms with Gasteiger partial charge in [0, 0.05) is 16.8 Å². The third-order valence-corrected chi connectivity index (χ3v) is 5.34. The van der Waals surface area contributed by atoms with Gasteiger partial charge in [0.1, 0.15) is 0 Å². The number of carbonyl (C=O) groups excluding carboxylic acids is 1. The number of carboxylic acid groups (broad SMARTS) is 1. The van der Waals surface area contributed by atoms with Gasteiger partial charge in [-0.15, -0.1) is 10.2 Å². The number of carbonyl (C=O) groups is 2. The smallest absolute Gasteiger partial charge is 0.313 e. The lowest BCUT2D eigenvalue weighted by molar-refractivity contribution is -0.133. The molecule has 0 bridgehead atoms. The van der Waals surface area contributed by atoms with Gasteiger partial charge < -0.3 is 10.4 Å². The first kappa shape index (κ1) is 20.4. The number of carboxylic acids is 1. The van der Waals surface area contributed by atoms with Gasteiger partial charge in [-0.3, -0.25) is 14.2 Å². The molecule has 4 rings (SSSR count). The van der Waals surface area contributed by atoms with Gasteiger partial charge in [-0.25, -0.2) is 0 Å².